The third-order valence-electron chi connectivity index (χ3n) is 2.42. The summed E-state index contributed by atoms with van der Waals surface area (Å²) in [5.74, 6) is -0.632. The van der Waals surface area contributed by atoms with Gasteiger partial charge >= 0.3 is 5.97 Å². The molecule has 0 aromatic heterocycles. The van der Waals surface area contributed by atoms with E-state index in [1.807, 2.05) is 18.2 Å². The number of rotatable bonds is 3. The number of allylic oxidation sites excluding steroid dienone is 2. The fourth-order valence-electron chi connectivity index (χ4n) is 1.68. The number of aliphatic carboxylic acids is 1. The van der Waals surface area contributed by atoms with Crippen LogP contribution in [0.15, 0.2) is 29.0 Å². The van der Waals surface area contributed by atoms with Crippen LogP contribution in [0.2, 0.25) is 0 Å². The van der Waals surface area contributed by atoms with Crippen LogP contribution in [-0.2, 0) is 9.63 Å². The van der Waals surface area contributed by atoms with Gasteiger partial charge in [0.1, 0.15) is 0 Å². The lowest BCUT2D eigenvalue weighted by Crippen LogP contribution is -2.20. The number of hydrogen-bond donors (Lipinski definition) is 1. The first-order valence-corrected chi connectivity index (χ1v) is 4.56. The summed E-state index contributed by atoms with van der Waals surface area (Å²) in [6.07, 6.45) is 8.22. The SMILES string of the molecule is O=C(O)CCC1=CC=CC2ON=CC12. The molecule has 0 amide bonds. The van der Waals surface area contributed by atoms with E-state index in [2.05, 4.69) is 5.16 Å². The third-order valence-corrected chi connectivity index (χ3v) is 2.42. The highest BCUT2D eigenvalue weighted by atomic mass is 16.6. The van der Waals surface area contributed by atoms with Crippen molar-refractivity contribution in [2.45, 2.75) is 18.9 Å². The van der Waals surface area contributed by atoms with Gasteiger partial charge in [-0.25, -0.2) is 0 Å². The zero-order valence-electron chi connectivity index (χ0n) is 7.59. The van der Waals surface area contributed by atoms with Crippen LogP contribution in [0, 0.1) is 5.92 Å². The van der Waals surface area contributed by atoms with Crippen molar-refractivity contribution in [3.63, 3.8) is 0 Å². The highest BCUT2D eigenvalue weighted by molar-refractivity contribution is 5.70. The average molecular weight is 193 g/mol. The first-order chi connectivity index (χ1) is 6.77. The molecule has 0 aromatic rings. The quantitative estimate of drug-likeness (QED) is 0.735. The number of hydrogen-bond acceptors (Lipinski definition) is 3. The highest BCUT2D eigenvalue weighted by Crippen LogP contribution is 2.28. The van der Waals surface area contributed by atoms with E-state index in [4.69, 9.17) is 9.94 Å². The topological polar surface area (TPSA) is 58.9 Å². The minimum atomic E-state index is -0.771. The molecule has 1 aliphatic heterocycles. The summed E-state index contributed by atoms with van der Waals surface area (Å²) >= 11 is 0. The normalized spacial score (nSPS) is 28.1. The van der Waals surface area contributed by atoms with Crippen LogP contribution in [-0.4, -0.2) is 23.4 Å². The Morgan fingerprint density at radius 2 is 2.50 bits per heavy atom. The molecule has 4 heteroatoms. The predicted octanol–water partition coefficient (Wildman–Crippen LogP) is 1.35. The number of carboxylic acid groups (broad SMARTS) is 1. The molecule has 0 aromatic carbocycles. The minimum Gasteiger partial charge on any atom is -0.481 e. The Hall–Kier alpha value is -1.58. The second-order valence-electron chi connectivity index (χ2n) is 3.37. The smallest absolute Gasteiger partial charge is 0.303 e. The Labute approximate surface area is 81.6 Å². The Morgan fingerprint density at radius 1 is 1.64 bits per heavy atom. The van der Waals surface area contributed by atoms with E-state index in [1.54, 1.807) is 6.21 Å². The molecule has 2 rings (SSSR count). The molecule has 0 saturated heterocycles. The van der Waals surface area contributed by atoms with Gasteiger partial charge in [-0.3, -0.25) is 4.79 Å². The molecule has 0 saturated carbocycles. The molecule has 0 spiro atoms. The van der Waals surface area contributed by atoms with Crippen LogP contribution in [0.3, 0.4) is 0 Å². The first-order valence-electron chi connectivity index (χ1n) is 4.56. The average Bonchev–Trinajstić information content (AvgIpc) is 2.62. The molecular formula is C10H11NO3. The van der Waals surface area contributed by atoms with Crippen molar-refractivity contribution in [1.82, 2.24) is 0 Å². The van der Waals surface area contributed by atoms with Crippen LogP contribution in [0.4, 0.5) is 0 Å². The van der Waals surface area contributed by atoms with E-state index >= 15 is 0 Å². The number of fused-ring (bicyclic) bond motifs is 1. The Morgan fingerprint density at radius 3 is 3.29 bits per heavy atom. The lowest BCUT2D eigenvalue weighted by atomic mass is 9.88. The molecule has 14 heavy (non-hydrogen) atoms. The Kier molecular flexibility index (Phi) is 2.35. The van der Waals surface area contributed by atoms with E-state index in [1.165, 1.54) is 0 Å². The number of carbonyl (C=O) groups is 1. The van der Waals surface area contributed by atoms with Crippen molar-refractivity contribution < 1.29 is 14.7 Å². The molecule has 0 bridgehead atoms. The van der Waals surface area contributed by atoms with Crippen LogP contribution < -0.4 is 0 Å². The van der Waals surface area contributed by atoms with E-state index in [0.29, 0.717) is 6.42 Å². The van der Waals surface area contributed by atoms with Gasteiger partial charge in [0.15, 0.2) is 6.10 Å². The molecule has 0 radical (unpaired) electrons. The summed E-state index contributed by atoms with van der Waals surface area (Å²) in [7, 11) is 0. The molecule has 74 valence electrons. The maximum Gasteiger partial charge on any atom is 0.303 e. The summed E-state index contributed by atoms with van der Waals surface area (Å²) in [4.78, 5) is 15.5. The van der Waals surface area contributed by atoms with Gasteiger partial charge in [0.25, 0.3) is 0 Å². The van der Waals surface area contributed by atoms with Crippen LogP contribution in [0.25, 0.3) is 0 Å². The van der Waals surface area contributed by atoms with E-state index in [9.17, 15) is 4.79 Å². The van der Waals surface area contributed by atoms with Gasteiger partial charge in [0.2, 0.25) is 0 Å². The van der Waals surface area contributed by atoms with Crippen molar-refractivity contribution >= 4 is 12.2 Å². The zero-order chi connectivity index (χ0) is 9.97. The minimum absolute atomic E-state index is 0.0243. The van der Waals surface area contributed by atoms with Crippen LogP contribution in [0.1, 0.15) is 12.8 Å². The van der Waals surface area contributed by atoms with Crippen molar-refractivity contribution in [2.75, 3.05) is 0 Å². The lowest BCUT2D eigenvalue weighted by molar-refractivity contribution is -0.137. The van der Waals surface area contributed by atoms with Gasteiger partial charge in [0, 0.05) is 6.42 Å². The fourth-order valence-corrected chi connectivity index (χ4v) is 1.68. The molecule has 4 nitrogen and oxygen atoms in total. The summed E-state index contributed by atoms with van der Waals surface area (Å²) in [5, 5.41) is 12.3. The van der Waals surface area contributed by atoms with Crippen LogP contribution >= 0.6 is 0 Å². The van der Waals surface area contributed by atoms with E-state index in [0.717, 1.165) is 5.57 Å². The maximum absolute atomic E-state index is 10.4. The Bertz CT molecular complexity index is 330. The van der Waals surface area contributed by atoms with E-state index < -0.39 is 5.97 Å². The summed E-state index contributed by atoms with van der Waals surface area (Å²) in [5.41, 5.74) is 1.08. The molecule has 2 unspecified atom stereocenters. The fraction of sp³-hybridized carbons (Fsp3) is 0.400. The van der Waals surface area contributed by atoms with Crippen molar-refractivity contribution in [1.29, 1.82) is 0 Å². The second-order valence-corrected chi connectivity index (χ2v) is 3.37. The molecule has 2 aliphatic rings. The largest absolute Gasteiger partial charge is 0.481 e. The Balaban J connectivity index is 2.02. The monoisotopic (exact) mass is 193 g/mol. The molecule has 1 aliphatic carbocycles. The van der Waals surface area contributed by atoms with Gasteiger partial charge in [-0.05, 0) is 12.5 Å². The van der Waals surface area contributed by atoms with Gasteiger partial charge in [-0.2, -0.15) is 0 Å². The maximum atomic E-state index is 10.4. The number of nitrogens with zero attached hydrogens (tertiary/aromatic N) is 1. The summed E-state index contributed by atoms with van der Waals surface area (Å²) in [6, 6.07) is 0. The van der Waals surface area contributed by atoms with Crippen molar-refractivity contribution in [3.05, 3.63) is 23.8 Å². The molecular weight excluding hydrogens is 182 g/mol. The summed E-state index contributed by atoms with van der Waals surface area (Å²) < 4.78 is 0. The zero-order valence-corrected chi connectivity index (χ0v) is 7.59. The molecule has 1 heterocycles. The molecule has 1 N–H and O–H groups in total. The summed E-state index contributed by atoms with van der Waals surface area (Å²) in [6.45, 7) is 0. The molecule has 0 fully saturated rings. The second kappa shape index (κ2) is 3.65. The highest BCUT2D eigenvalue weighted by Gasteiger charge is 2.29. The van der Waals surface area contributed by atoms with Gasteiger partial charge < -0.3 is 9.94 Å². The van der Waals surface area contributed by atoms with Crippen molar-refractivity contribution in [2.24, 2.45) is 11.1 Å². The van der Waals surface area contributed by atoms with Crippen molar-refractivity contribution in [3.8, 4) is 0 Å². The number of oxime groups is 1. The first kappa shape index (κ1) is 8.99. The number of carboxylic acids is 1. The lowest BCUT2D eigenvalue weighted by Gasteiger charge is -2.18. The predicted molar refractivity (Wildman–Crippen MR) is 50.9 cm³/mol. The van der Waals surface area contributed by atoms with Crippen LogP contribution in [0.5, 0.6) is 0 Å². The van der Waals surface area contributed by atoms with Gasteiger partial charge in [0.05, 0.1) is 12.1 Å². The third kappa shape index (κ3) is 1.69. The van der Waals surface area contributed by atoms with Gasteiger partial charge in [-0.15, -0.1) is 0 Å². The standard InChI is InChI=1S/C10H11NO3/c12-10(13)5-4-7-2-1-3-9-8(7)6-11-14-9/h1-3,6,8-9H,4-5H2,(H,12,13). The van der Waals surface area contributed by atoms with Gasteiger partial charge in [-0.1, -0.05) is 22.9 Å². The van der Waals surface area contributed by atoms with E-state index in [-0.39, 0.29) is 18.4 Å². The molecule has 2 atom stereocenters.